The Morgan fingerprint density at radius 3 is 2.81 bits per heavy atom. The average Bonchev–Trinajstić information content (AvgIpc) is 3.25. The van der Waals surface area contributed by atoms with E-state index in [1.165, 1.54) is 12.1 Å². The van der Waals surface area contributed by atoms with Crippen LogP contribution in [0.4, 0.5) is 4.39 Å². The van der Waals surface area contributed by atoms with E-state index in [0.717, 1.165) is 28.2 Å². The molecule has 5 nitrogen and oxygen atoms in total. The van der Waals surface area contributed by atoms with Crippen LogP contribution in [0.15, 0.2) is 48.9 Å². The third-order valence-electron chi connectivity index (χ3n) is 4.09. The molecule has 6 heteroatoms. The number of H-pyrrole nitrogens is 1. The van der Waals surface area contributed by atoms with Crippen LogP contribution in [-0.2, 0) is 0 Å². The Balaban J connectivity index is 1.63. The molecule has 1 N–H and O–H groups in total. The Bertz CT molecular complexity index is 1110. The number of aryl methyl sites for hydroxylation is 1. The fraction of sp³-hybridized carbons (Fsp3) is 0.100. The smallest absolute Gasteiger partial charge is 0.143 e. The minimum Gasteiger partial charge on any atom is -0.495 e. The molecule has 0 atom stereocenters. The van der Waals surface area contributed by atoms with Crippen molar-refractivity contribution in [2.24, 2.45) is 0 Å². The second-order valence-electron chi connectivity index (χ2n) is 5.97. The number of nitrogens with zero attached hydrogens (tertiary/aromatic N) is 3. The summed E-state index contributed by atoms with van der Waals surface area (Å²) in [5.74, 6) is 1.13. The Morgan fingerprint density at radius 2 is 2.04 bits per heavy atom. The lowest BCUT2D eigenvalue weighted by Gasteiger charge is -2.09. The molecule has 0 fully saturated rings. The number of fused-ring (bicyclic) bond motifs is 1. The molecule has 0 unspecified atom stereocenters. The molecule has 26 heavy (non-hydrogen) atoms. The molecule has 0 saturated heterocycles. The van der Waals surface area contributed by atoms with E-state index in [-0.39, 0.29) is 5.82 Å². The summed E-state index contributed by atoms with van der Waals surface area (Å²) >= 11 is 0. The zero-order valence-electron chi connectivity index (χ0n) is 14.4. The van der Waals surface area contributed by atoms with Crippen molar-refractivity contribution in [1.29, 1.82) is 0 Å². The van der Waals surface area contributed by atoms with Crippen LogP contribution in [0.1, 0.15) is 17.1 Å². The molecule has 4 rings (SSSR count). The second-order valence-corrected chi connectivity index (χ2v) is 5.97. The first kappa shape index (κ1) is 16.1. The van der Waals surface area contributed by atoms with Gasteiger partial charge in [-0.1, -0.05) is 12.1 Å². The Kier molecular flexibility index (Phi) is 4.01. The molecule has 2 heterocycles. The molecule has 2 aromatic heterocycles. The first-order valence-corrected chi connectivity index (χ1v) is 8.15. The number of hydrogen-bond donors (Lipinski definition) is 1. The summed E-state index contributed by atoms with van der Waals surface area (Å²) in [7, 11) is 1.64. The first-order valence-electron chi connectivity index (χ1n) is 8.15. The summed E-state index contributed by atoms with van der Waals surface area (Å²) in [6.07, 6.45) is 7.49. The topological polar surface area (TPSA) is 55.7 Å². The SMILES string of the molecule is COc1cc(C=Cc2nc3ccc(F)cc3[nH]2)ccc1-n1cnc(C)c1. The highest BCUT2D eigenvalue weighted by Crippen LogP contribution is 2.25. The van der Waals surface area contributed by atoms with E-state index in [0.29, 0.717) is 11.3 Å². The van der Waals surface area contributed by atoms with E-state index in [4.69, 9.17) is 4.74 Å². The molecule has 0 aliphatic rings. The van der Waals surface area contributed by atoms with Gasteiger partial charge < -0.3 is 14.3 Å². The van der Waals surface area contributed by atoms with Crippen molar-refractivity contribution in [3.8, 4) is 11.4 Å². The lowest BCUT2D eigenvalue weighted by Crippen LogP contribution is -1.95. The highest BCUT2D eigenvalue weighted by Gasteiger charge is 2.07. The van der Waals surface area contributed by atoms with Gasteiger partial charge in [0.15, 0.2) is 0 Å². The Morgan fingerprint density at radius 1 is 1.15 bits per heavy atom. The van der Waals surface area contributed by atoms with E-state index in [1.54, 1.807) is 19.5 Å². The van der Waals surface area contributed by atoms with Crippen molar-refractivity contribution in [1.82, 2.24) is 19.5 Å². The molecule has 0 aliphatic carbocycles. The quantitative estimate of drug-likeness (QED) is 0.596. The van der Waals surface area contributed by atoms with Crippen molar-refractivity contribution in [3.05, 3.63) is 71.8 Å². The van der Waals surface area contributed by atoms with Crippen LogP contribution in [-0.4, -0.2) is 26.6 Å². The second kappa shape index (κ2) is 6.48. The van der Waals surface area contributed by atoms with E-state index in [1.807, 2.05) is 48.0 Å². The molecular weight excluding hydrogens is 331 g/mol. The highest BCUT2D eigenvalue weighted by molar-refractivity contribution is 5.79. The maximum Gasteiger partial charge on any atom is 0.143 e. The summed E-state index contributed by atoms with van der Waals surface area (Å²) in [4.78, 5) is 11.8. The van der Waals surface area contributed by atoms with Crippen LogP contribution in [0.3, 0.4) is 0 Å². The van der Waals surface area contributed by atoms with Crippen molar-refractivity contribution in [2.75, 3.05) is 7.11 Å². The molecule has 130 valence electrons. The number of benzene rings is 2. The van der Waals surface area contributed by atoms with Gasteiger partial charge in [-0.25, -0.2) is 14.4 Å². The predicted octanol–water partition coefficient (Wildman–Crippen LogP) is 4.38. The van der Waals surface area contributed by atoms with Crippen LogP contribution in [0.5, 0.6) is 5.75 Å². The monoisotopic (exact) mass is 348 g/mol. The lowest BCUT2D eigenvalue weighted by molar-refractivity contribution is 0.413. The van der Waals surface area contributed by atoms with Crippen molar-refractivity contribution < 1.29 is 9.13 Å². The zero-order valence-corrected chi connectivity index (χ0v) is 14.4. The van der Waals surface area contributed by atoms with Gasteiger partial charge in [0.1, 0.15) is 17.4 Å². The van der Waals surface area contributed by atoms with E-state index >= 15 is 0 Å². The molecule has 0 radical (unpaired) electrons. The first-order chi connectivity index (χ1) is 12.6. The van der Waals surface area contributed by atoms with Crippen LogP contribution in [0.2, 0.25) is 0 Å². The number of ether oxygens (including phenoxy) is 1. The van der Waals surface area contributed by atoms with Gasteiger partial charge in [0.25, 0.3) is 0 Å². The molecule has 2 aromatic carbocycles. The summed E-state index contributed by atoms with van der Waals surface area (Å²) in [5, 5.41) is 0. The van der Waals surface area contributed by atoms with E-state index < -0.39 is 0 Å². The number of nitrogens with one attached hydrogen (secondary N) is 1. The average molecular weight is 348 g/mol. The Hall–Kier alpha value is -3.41. The van der Waals surface area contributed by atoms with Gasteiger partial charge in [-0.2, -0.15) is 0 Å². The van der Waals surface area contributed by atoms with Crippen LogP contribution >= 0.6 is 0 Å². The molecule has 0 spiro atoms. The number of methoxy groups -OCH3 is 1. The maximum absolute atomic E-state index is 13.3. The van der Waals surface area contributed by atoms with Gasteiger partial charge in [-0.15, -0.1) is 0 Å². The largest absolute Gasteiger partial charge is 0.495 e. The molecule has 4 aromatic rings. The lowest BCUT2D eigenvalue weighted by atomic mass is 10.1. The number of imidazole rings is 2. The van der Waals surface area contributed by atoms with Crippen molar-refractivity contribution in [2.45, 2.75) is 6.92 Å². The summed E-state index contributed by atoms with van der Waals surface area (Å²) in [6, 6.07) is 10.4. The fourth-order valence-corrected chi connectivity index (χ4v) is 2.82. The summed E-state index contributed by atoms with van der Waals surface area (Å²) in [6.45, 7) is 1.94. The van der Waals surface area contributed by atoms with Crippen LogP contribution < -0.4 is 4.74 Å². The number of aromatic nitrogens is 4. The number of rotatable bonds is 4. The van der Waals surface area contributed by atoms with Gasteiger partial charge in [-0.05, 0) is 48.9 Å². The van der Waals surface area contributed by atoms with Gasteiger partial charge in [0.2, 0.25) is 0 Å². The number of hydrogen-bond acceptors (Lipinski definition) is 3. The number of aromatic amines is 1. The van der Waals surface area contributed by atoms with Gasteiger partial charge in [-0.3, -0.25) is 0 Å². The normalized spacial score (nSPS) is 11.5. The maximum atomic E-state index is 13.3. The van der Waals surface area contributed by atoms with Crippen molar-refractivity contribution >= 4 is 23.2 Å². The van der Waals surface area contributed by atoms with Crippen LogP contribution in [0, 0.1) is 12.7 Å². The van der Waals surface area contributed by atoms with Gasteiger partial charge in [0, 0.05) is 6.20 Å². The van der Waals surface area contributed by atoms with E-state index in [9.17, 15) is 4.39 Å². The predicted molar refractivity (Wildman–Crippen MR) is 99.8 cm³/mol. The number of halogens is 1. The Labute approximate surface area is 149 Å². The molecule has 0 saturated carbocycles. The van der Waals surface area contributed by atoms with E-state index in [2.05, 4.69) is 15.0 Å². The highest BCUT2D eigenvalue weighted by atomic mass is 19.1. The molecule has 0 amide bonds. The molecule has 0 aliphatic heterocycles. The van der Waals surface area contributed by atoms with Gasteiger partial charge in [0.05, 0.1) is 35.9 Å². The molecular formula is C20H17FN4O. The third-order valence-corrected chi connectivity index (χ3v) is 4.09. The zero-order chi connectivity index (χ0) is 18.1. The minimum absolute atomic E-state index is 0.285. The van der Waals surface area contributed by atoms with Crippen molar-refractivity contribution in [3.63, 3.8) is 0 Å². The third kappa shape index (κ3) is 3.09. The van der Waals surface area contributed by atoms with Gasteiger partial charge >= 0.3 is 0 Å². The fourth-order valence-electron chi connectivity index (χ4n) is 2.82. The van der Waals surface area contributed by atoms with Crippen LogP contribution in [0.25, 0.3) is 28.9 Å². The minimum atomic E-state index is -0.285. The summed E-state index contributed by atoms with van der Waals surface area (Å²) < 4.78 is 20.7. The standard InChI is InChI=1S/C20H17FN4O/c1-13-11-25(12-22-13)18-7-3-14(9-19(18)26-2)4-8-20-23-16-6-5-15(21)10-17(16)24-20/h3-12H,1-2H3,(H,23,24). The summed E-state index contributed by atoms with van der Waals surface area (Å²) in [5.41, 5.74) is 4.23. The molecule has 0 bridgehead atoms.